The Morgan fingerprint density at radius 2 is 1.58 bits per heavy atom. The Labute approximate surface area is 150 Å². The van der Waals surface area contributed by atoms with Gasteiger partial charge in [0.1, 0.15) is 5.82 Å². The van der Waals surface area contributed by atoms with Crippen molar-refractivity contribution in [3.8, 4) is 0 Å². The zero-order valence-corrected chi connectivity index (χ0v) is 14.3. The third-order valence-electron chi connectivity index (χ3n) is 4.40. The molecule has 0 bridgehead atoms. The largest absolute Gasteiger partial charge is 0.352 e. The summed E-state index contributed by atoms with van der Waals surface area (Å²) in [4.78, 5) is 35.6. The van der Waals surface area contributed by atoms with Gasteiger partial charge in [0.25, 0.3) is 0 Å². The molecule has 2 atom stereocenters. The van der Waals surface area contributed by atoms with E-state index in [0.717, 1.165) is 5.56 Å². The molecular weight excluding hydrogens is 335 g/mol. The van der Waals surface area contributed by atoms with Gasteiger partial charge in [-0.05, 0) is 55.3 Å². The van der Waals surface area contributed by atoms with Crippen molar-refractivity contribution in [3.63, 3.8) is 0 Å². The summed E-state index contributed by atoms with van der Waals surface area (Å²) in [6.45, 7) is 1.78. The van der Waals surface area contributed by atoms with Crippen LogP contribution in [-0.2, 0) is 16.1 Å². The van der Waals surface area contributed by atoms with E-state index in [1.165, 1.54) is 19.1 Å². The lowest BCUT2D eigenvalue weighted by molar-refractivity contribution is -0.125. The van der Waals surface area contributed by atoms with Crippen LogP contribution in [0.3, 0.4) is 0 Å². The van der Waals surface area contributed by atoms with E-state index < -0.39 is 0 Å². The average Bonchev–Trinajstić information content (AvgIpc) is 3.42. The number of carbonyl (C=O) groups excluding carboxylic acids is 3. The minimum absolute atomic E-state index is 0.0389. The summed E-state index contributed by atoms with van der Waals surface area (Å²) in [6, 6.07) is 12.5. The Hall–Kier alpha value is -3.02. The number of carbonyl (C=O) groups is 3. The Kier molecular flexibility index (Phi) is 5.11. The van der Waals surface area contributed by atoms with Crippen LogP contribution in [0.5, 0.6) is 0 Å². The number of Topliss-reactive ketones (excluding diaryl/α,β-unsaturated/α-hetero) is 1. The Bertz CT molecular complexity index is 831. The summed E-state index contributed by atoms with van der Waals surface area (Å²) < 4.78 is 12.9. The molecule has 2 unspecified atom stereocenters. The molecule has 2 aromatic rings. The molecule has 0 spiro atoms. The third kappa shape index (κ3) is 4.33. The molecule has 0 radical (unpaired) electrons. The van der Waals surface area contributed by atoms with Crippen LogP contribution in [0, 0.1) is 17.7 Å². The molecule has 0 heterocycles. The van der Waals surface area contributed by atoms with Crippen LogP contribution in [-0.4, -0.2) is 17.6 Å². The molecule has 1 saturated carbocycles. The van der Waals surface area contributed by atoms with E-state index in [1.54, 1.807) is 36.4 Å². The highest BCUT2D eigenvalue weighted by atomic mass is 19.1. The summed E-state index contributed by atoms with van der Waals surface area (Å²) in [5.41, 5.74) is 1.97. The van der Waals surface area contributed by atoms with Crippen molar-refractivity contribution < 1.29 is 18.8 Å². The van der Waals surface area contributed by atoms with Crippen molar-refractivity contribution in [1.29, 1.82) is 0 Å². The second-order valence-electron chi connectivity index (χ2n) is 6.42. The number of hydrogen-bond donors (Lipinski definition) is 2. The lowest BCUT2D eigenvalue weighted by Gasteiger charge is -2.07. The third-order valence-corrected chi connectivity index (χ3v) is 4.40. The fraction of sp³-hybridized carbons (Fsp3) is 0.250. The lowest BCUT2D eigenvalue weighted by Crippen LogP contribution is -2.27. The Morgan fingerprint density at radius 1 is 0.962 bits per heavy atom. The maximum atomic E-state index is 12.9. The molecule has 2 N–H and O–H groups in total. The molecule has 0 saturated heterocycles. The van der Waals surface area contributed by atoms with Crippen LogP contribution in [0.1, 0.15) is 29.3 Å². The maximum Gasteiger partial charge on any atom is 0.228 e. The minimum atomic E-state index is -0.351. The van der Waals surface area contributed by atoms with Gasteiger partial charge in [-0.15, -0.1) is 0 Å². The summed E-state index contributed by atoms with van der Waals surface area (Å²) in [7, 11) is 0. The number of hydrogen-bond acceptors (Lipinski definition) is 3. The predicted molar refractivity (Wildman–Crippen MR) is 94.9 cm³/mol. The van der Waals surface area contributed by atoms with Crippen molar-refractivity contribution in [3.05, 3.63) is 65.5 Å². The van der Waals surface area contributed by atoms with Gasteiger partial charge in [-0.25, -0.2) is 4.39 Å². The van der Waals surface area contributed by atoms with Gasteiger partial charge in [0, 0.05) is 17.8 Å². The quantitative estimate of drug-likeness (QED) is 0.783. The molecule has 3 rings (SSSR count). The first-order chi connectivity index (χ1) is 12.4. The topological polar surface area (TPSA) is 75.3 Å². The first kappa shape index (κ1) is 17.8. The van der Waals surface area contributed by atoms with Gasteiger partial charge in [0.15, 0.2) is 5.78 Å². The van der Waals surface area contributed by atoms with Crippen molar-refractivity contribution in [2.45, 2.75) is 19.9 Å². The van der Waals surface area contributed by atoms with Gasteiger partial charge in [-0.3, -0.25) is 14.4 Å². The zero-order chi connectivity index (χ0) is 18.7. The van der Waals surface area contributed by atoms with E-state index in [2.05, 4.69) is 10.6 Å². The summed E-state index contributed by atoms with van der Waals surface area (Å²) in [5, 5.41) is 5.53. The molecule has 2 amide bonds. The molecule has 1 aliphatic rings. The van der Waals surface area contributed by atoms with Crippen molar-refractivity contribution in [1.82, 2.24) is 5.32 Å². The smallest absolute Gasteiger partial charge is 0.228 e. The fourth-order valence-corrected chi connectivity index (χ4v) is 2.72. The van der Waals surface area contributed by atoms with Gasteiger partial charge < -0.3 is 10.6 Å². The number of amides is 2. The number of nitrogens with one attached hydrogen (secondary N) is 2. The van der Waals surface area contributed by atoms with E-state index in [1.807, 2.05) is 0 Å². The van der Waals surface area contributed by atoms with Crippen LogP contribution in [0.4, 0.5) is 10.1 Å². The first-order valence-electron chi connectivity index (χ1n) is 8.38. The minimum Gasteiger partial charge on any atom is -0.352 e. The van der Waals surface area contributed by atoms with E-state index in [0.29, 0.717) is 24.2 Å². The number of benzene rings is 2. The number of ketones is 1. The highest BCUT2D eigenvalue weighted by Gasteiger charge is 2.47. The fourth-order valence-electron chi connectivity index (χ4n) is 2.72. The molecule has 1 aliphatic carbocycles. The molecule has 26 heavy (non-hydrogen) atoms. The van der Waals surface area contributed by atoms with Crippen LogP contribution >= 0.6 is 0 Å². The van der Waals surface area contributed by atoms with Crippen LogP contribution in [0.15, 0.2) is 48.5 Å². The first-order valence-corrected chi connectivity index (χ1v) is 8.38. The monoisotopic (exact) mass is 354 g/mol. The van der Waals surface area contributed by atoms with Gasteiger partial charge in [0.2, 0.25) is 11.8 Å². The molecule has 134 valence electrons. The second-order valence-corrected chi connectivity index (χ2v) is 6.42. The normalized spacial score (nSPS) is 18.1. The zero-order valence-electron chi connectivity index (χ0n) is 14.3. The molecular formula is C20H19FN2O3. The number of halogens is 1. The van der Waals surface area contributed by atoms with Crippen LogP contribution < -0.4 is 10.6 Å². The van der Waals surface area contributed by atoms with E-state index in [4.69, 9.17) is 0 Å². The van der Waals surface area contributed by atoms with Gasteiger partial charge in [-0.1, -0.05) is 12.1 Å². The van der Waals surface area contributed by atoms with E-state index in [-0.39, 0.29) is 35.3 Å². The lowest BCUT2D eigenvalue weighted by atomic mass is 10.1. The standard InChI is InChI=1S/C20H19FN2O3/c1-12(24)14-4-8-16(9-5-14)23-20(26)18-10-17(18)19(25)22-11-13-2-6-15(21)7-3-13/h2-9,17-18H,10-11H2,1H3,(H,22,25)(H,23,26). The Morgan fingerprint density at radius 3 is 2.19 bits per heavy atom. The molecule has 1 fully saturated rings. The number of anilines is 1. The maximum absolute atomic E-state index is 12.9. The van der Waals surface area contributed by atoms with Crippen LogP contribution in [0.2, 0.25) is 0 Å². The highest BCUT2D eigenvalue weighted by molar-refractivity contribution is 6.00. The van der Waals surface area contributed by atoms with E-state index >= 15 is 0 Å². The van der Waals surface area contributed by atoms with Crippen molar-refractivity contribution in [2.24, 2.45) is 11.8 Å². The predicted octanol–water partition coefficient (Wildman–Crippen LogP) is 2.92. The molecule has 0 aliphatic heterocycles. The Balaban J connectivity index is 1.47. The molecule has 0 aromatic heterocycles. The van der Waals surface area contributed by atoms with Gasteiger partial charge >= 0.3 is 0 Å². The molecule has 2 aromatic carbocycles. The number of rotatable bonds is 6. The average molecular weight is 354 g/mol. The van der Waals surface area contributed by atoms with Gasteiger partial charge in [-0.2, -0.15) is 0 Å². The highest BCUT2D eigenvalue weighted by Crippen LogP contribution is 2.39. The van der Waals surface area contributed by atoms with E-state index in [9.17, 15) is 18.8 Å². The second kappa shape index (κ2) is 7.47. The SMILES string of the molecule is CC(=O)c1ccc(NC(=O)C2CC2C(=O)NCc2ccc(F)cc2)cc1. The summed E-state index contributed by atoms with van der Waals surface area (Å²) in [6.07, 6.45) is 0.507. The summed E-state index contributed by atoms with van der Waals surface area (Å²) in [5.74, 6) is -1.44. The van der Waals surface area contributed by atoms with Crippen molar-refractivity contribution >= 4 is 23.3 Å². The van der Waals surface area contributed by atoms with Crippen molar-refractivity contribution in [2.75, 3.05) is 5.32 Å². The van der Waals surface area contributed by atoms with Crippen LogP contribution in [0.25, 0.3) is 0 Å². The molecule has 6 heteroatoms. The van der Waals surface area contributed by atoms with Gasteiger partial charge in [0.05, 0.1) is 11.8 Å². The summed E-state index contributed by atoms with van der Waals surface area (Å²) >= 11 is 0. The molecule has 5 nitrogen and oxygen atoms in total.